The second-order valence-corrected chi connectivity index (χ2v) is 4.57. The van der Waals surface area contributed by atoms with Crippen LogP contribution in [0.4, 0.5) is 0 Å². The molecule has 0 bridgehead atoms. The van der Waals surface area contributed by atoms with Crippen LogP contribution in [0.15, 0.2) is 48.5 Å². The molecule has 2 aromatic rings. The third-order valence-electron chi connectivity index (χ3n) is 3.50. The van der Waals surface area contributed by atoms with E-state index in [0.717, 1.165) is 18.6 Å². The zero-order valence-electron chi connectivity index (χ0n) is 10.5. The van der Waals surface area contributed by atoms with Crippen molar-refractivity contribution in [3.63, 3.8) is 0 Å². The van der Waals surface area contributed by atoms with E-state index in [4.69, 9.17) is 4.74 Å². The Hall–Kier alpha value is -2.02. The monoisotopic (exact) mass is 236 g/mol. The topological polar surface area (TPSA) is 9.23 Å². The first kappa shape index (κ1) is 11.1. The summed E-state index contributed by atoms with van der Waals surface area (Å²) in [5, 5.41) is 0. The number of benzene rings is 2. The van der Waals surface area contributed by atoms with Gasteiger partial charge < -0.3 is 4.74 Å². The maximum absolute atomic E-state index is 5.45. The highest BCUT2D eigenvalue weighted by Gasteiger charge is 2.14. The molecule has 1 nitrogen and oxygen atoms in total. The summed E-state index contributed by atoms with van der Waals surface area (Å²) in [4.78, 5) is 0. The molecule has 0 saturated heterocycles. The summed E-state index contributed by atoms with van der Waals surface area (Å²) in [7, 11) is 1.74. The molecule has 1 aliphatic rings. The standard InChI is InChI=1S/C17H16O/c1-18-17-9-5-8-14-10-11-15(12-16(14)17)13-6-3-2-4-7-13/h2-9,12H,10-11H2,1H3. The maximum atomic E-state index is 5.45. The van der Waals surface area contributed by atoms with Gasteiger partial charge in [0.25, 0.3) is 0 Å². The Bertz CT molecular complexity index is 582. The lowest BCUT2D eigenvalue weighted by Crippen LogP contribution is -2.01. The number of methoxy groups -OCH3 is 1. The highest BCUT2D eigenvalue weighted by Crippen LogP contribution is 2.34. The molecule has 0 fully saturated rings. The van der Waals surface area contributed by atoms with E-state index in [1.54, 1.807) is 7.11 Å². The Kier molecular flexibility index (Phi) is 2.89. The van der Waals surface area contributed by atoms with Crippen molar-refractivity contribution in [2.45, 2.75) is 12.8 Å². The molecular weight excluding hydrogens is 220 g/mol. The molecule has 0 radical (unpaired) electrons. The van der Waals surface area contributed by atoms with Gasteiger partial charge in [0.2, 0.25) is 0 Å². The lowest BCUT2D eigenvalue weighted by molar-refractivity contribution is 0.413. The maximum Gasteiger partial charge on any atom is 0.126 e. The van der Waals surface area contributed by atoms with Crippen molar-refractivity contribution in [2.24, 2.45) is 0 Å². The van der Waals surface area contributed by atoms with Crippen LogP contribution in [0.5, 0.6) is 5.75 Å². The molecule has 0 unspecified atom stereocenters. The molecule has 0 atom stereocenters. The van der Waals surface area contributed by atoms with E-state index >= 15 is 0 Å². The molecule has 0 saturated carbocycles. The normalized spacial score (nSPS) is 13.7. The van der Waals surface area contributed by atoms with E-state index in [-0.39, 0.29) is 0 Å². The summed E-state index contributed by atoms with van der Waals surface area (Å²) in [6, 6.07) is 16.9. The van der Waals surface area contributed by atoms with Gasteiger partial charge in [-0.15, -0.1) is 0 Å². The smallest absolute Gasteiger partial charge is 0.126 e. The van der Waals surface area contributed by atoms with Gasteiger partial charge in [-0.05, 0) is 41.7 Å². The van der Waals surface area contributed by atoms with Crippen molar-refractivity contribution in [1.29, 1.82) is 0 Å². The molecule has 1 heteroatoms. The summed E-state index contributed by atoms with van der Waals surface area (Å²) < 4.78 is 5.45. The predicted molar refractivity (Wildman–Crippen MR) is 75.6 cm³/mol. The van der Waals surface area contributed by atoms with E-state index in [0.29, 0.717) is 0 Å². The summed E-state index contributed by atoms with van der Waals surface area (Å²) in [5.41, 5.74) is 5.33. The molecule has 3 rings (SSSR count). The fourth-order valence-corrected chi connectivity index (χ4v) is 2.54. The van der Waals surface area contributed by atoms with Crippen LogP contribution in [0.3, 0.4) is 0 Å². The van der Waals surface area contributed by atoms with Crippen molar-refractivity contribution >= 4 is 11.6 Å². The lowest BCUT2D eigenvalue weighted by atomic mass is 9.88. The number of fused-ring (bicyclic) bond motifs is 1. The molecule has 1 aliphatic carbocycles. The van der Waals surface area contributed by atoms with Crippen LogP contribution in [-0.4, -0.2) is 7.11 Å². The van der Waals surface area contributed by atoms with Crippen LogP contribution in [0.2, 0.25) is 0 Å². The molecule has 0 N–H and O–H groups in total. The van der Waals surface area contributed by atoms with Gasteiger partial charge in [-0.3, -0.25) is 0 Å². The Morgan fingerprint density at radius 3 is 2.50 bits per heavy atom. The summed E-state index contributed by atoms with van der Waals surface area (Å²) in [6.07, 6.45) is 4.46. The summed E-state index contributed by atoms with van der Waals surface area (Å²) in [6.45, 7) is 0. The summed E-state index contributed by atoms with van der Waals surface area (Å²) in [5.74, 6) is 0.973. The van der Waals surface area contributed by atoms with Crippen molar-refractivity contribution in [1.82, 2.24) is 0 Å². The number of hydrogen-bond acceptors (Lipinski definition) is 1. The van der Waals surface area contributed by atoms with Gasteiger partial charge in [-0.1, -0.05) is 42.5 Å². The van der Waals surface area contributed by atoms with Crippen LogP contribution in [0.1, 0.15) is 23.1 Å². The third-order valence-corrected chi connectivity index (χ3v) is 3.50. The molecule has 0 aromatic heterocycles. The molecular formula is C17H16O. The Morgan fingerprint density at radius 1 is 0.889 bits per heavy atom. The van der Waals surface area contributed by atoms with Crippen molar-refractivity contribution in [3.05, 3.63) is 65.2 Å². The first-order valence-corrected chi connectivity index (χ1v) is 6.30. The molecule has 0 amide bonds. The minimum atomic E-state index is 0.973. The van der Waals surface area contributed by atoms with Gasteiger partial charge in [0.05, 0.1) is 7.11 Å². The Balaban J connectivity index is 2.08. The highest BCUT2D eigenvalue weighted by molar-refractivity contribution is 5.86. The van der Waals surface area contributed by atoms with E-state index in [2.05, 4.69) is 48.5 Å². The Morgan fingerprint density at radius 2 is 1.72 bits per heavy atom. The van der Waals surface area contributed by atoms with Crippen molar-refractivity contribution < 1.29 is 4.74 Å². The van der Waals surface area contributed by atoms with Crippen LogP contribution in [-0.2, 0) is 6.42 Å². The second-order valence-electron chi connectivity index (χ2n) is 4.57. The fourth-order valence-electron chi connectivity index (χ4n) is 2.54. The number of aryl methyl sites for hydroxylation is 1. The molecule has 0 spiro atoms. The summed E-state index contributed by atoms with van der Waals surface area (Å²) >= 11 is 0. The minimum Gasteiger partial charge on any atom is -0.496 e. The molecule has 90 valence electrons. The van der Waals surface area contributed by atoms with E-state index in [9.17, 15) is 0 Å². The molecule has 2 aromatic carbocycles. The average molecular weight is 236 g/mol. The average Bonchev–Trinajstić information content (AvgIpc) is 2.47. The fraction of sp³-hybridized carbons (Fsp3) is 0.176. The molecule has 18 heavy (non-hydrogen) atoms. The number of allylic oxidation sites excluding steroid dienone is 1. The third kappa shape index (κ3) is 1.92. The van der Waals surface area contributed by atoms with Crippen LogP contribution < -0.4 is 4.74 Å². The van der Waals surface area contributed by atoms with Gasteiger partial charge in [-0.25, -0.2) is 0 Å². The van der Waals surface area contributed by atoms with E-state index in [1.807, 2.05) is 6.07 Å². The van der Waals surface area contributed by atoms with Gasteiger partial charge in [0.1, 0.15) is 5.75 Å². The number of hydrogen-bond donors (Lipinski definition) is 0. The van der Waals surface area contributed by atoms with Crippen molar-refractivity contribution in [3.8, 4) is 5.75 Å². The van der Waals surface area contributed by atoms with Crippen molar-refractivity contribution in [2.75, 3.05) is 7.11 Å². The quantitative estimate of drug-likeness (QED) is 0.760. The Labute approximate surface area is 108 Å². The zero-order chi connectivity index (χ0) is 12.4. The number of ether oxygens (including phenoxy) is 1. The van der Waals surface area contributed by atoms with Gasteiger partial charge >= 0.3 is 0 Å². The second kappa shape index (κ2) is 4.69. The first-order valence-electron chi connectivity index (χ1n) is 6.30. The van der Waals surface area contributed by atoms with Gasteiger partial charge in [0.15, 0.2) is 0 Å². The van der Waals surface area contributed by atoms with Gasteiger partial charge in [-0.2, -0.15) is 0 Å². The zero-order valence-corrected chi connectivity index (χ0v) is 10.5. The first-order chi connectivity index (χ1) is 8.88. The largest absolute Gasteiger partial charge is 0.496 e. The molecule has 0 aliphatic heterocycles. The lowest BCUT2D eigenvalue weighted by Gasteiger charge is -2.18. The minimum absolute atomic E-state index is 0.973. The van der Waals surface area contributed by atoms with Crippen LogP contribution >= 0.6 is 0 Å². The predicted octanol–water partition coefficient (Wildman–Crippen LogP) is 4.18. The van der Waals surface area contributed by atoms with Crippen LogP contribution in [0.25, 0.3) is 11.6 Å². The highest BCUT2D eigenvalue weighted by atomic mass is 16.5. The van der Waals surface area contributed by atoms with E-state index in [1.165, 1.54) is 22.3 Å². The number of rotatable bonds is 2. The van der Waals surface area contributed by atoms with Gasteiger partial charge in [0, 0.05) is 5.56 Å². The van der Waals surface area contributed by atoms with E-state index < -0.39 is 0 Å². The van der Waals surface area contributed by atoms with Crippen LogP contribution in [0, 0.1) is 0 Å². The SMILES string of the molecule is COc1cccc2c1C=C(c1ccccc1)CC2. The molecule has 0 heterocycles.